The summed E-state index contributed by atoms with van der Waals surface area (Å²) in [5, 5.41) is 36.8. The highest BCUT2D eigenvalue weighted by molar-refractivity contribution is 6.31. The number of aliphatic hydroxyl groups excluding tert-OH is 1. The molecule has 2 unspecified atom stereocenters. The van der Waals surface area contributed by atoms with Crippen molar-refractivity contribution in [3.8, 4) is 6.07 Å². The molecule has 6 aromatic rings. The van der Waals surface area contributed by atoms with E-state index in [1.165, 1.54) is 30.5 Å². The van der Waals surface area contributed by atoms with E-state index >= 15 is 4.39 Å². The maximum Gasteiger partial charge on any atom is 0.216 e. The Morgan fingerprint density at radius 3 is 2.46 bits per heavy atom. The molecule has 3 N–H and O–H groups in total. The molecule has 3 heterocycles. The Morgan fingerprint density at radius 2 is 1.73 bits per heavy atom. The zero-order valence-corrected chi connectivity index (χ0v) is 29.1. The molecule has 0 bridgehead atoms. The molecule has 2 aromatic heterocycles. The van der Waals surface area contributed by atoms with Crippen LogP contribution in [-0.2, 0) is 11.3 Å². The summed E-state index contributed by atoms with van der Waals surface area (Å²) in [6.45, 7) is 1.51. The zero-order valence-electron chi connectivity index (χ0n) is 27.6. The Bertz CT molecular complexity index is 2230. The van der Waals surface area contributed by atoms with Gasteiger partial charge < -0.3 is 20.5 Å². The topological polar surface area (TPSA) is 124 Å². The maximum atomic E-state index is 15.7. The van der Waals surface area contributed by atoms with Crippen LogP contribution in [0.1, 0.15) is 47.3 Å². The zero-order chi connectivity index (χ0) is 36.2. The predicted octanol–water partition coefficient (Wildman–Crippen LogP) is 8.36. The molecule has 4 aromatic carbocycles. The number of rotatable bonds is 11. The van der Waals surface area contributed by atoms with Gasteiger partial charge in [-0.25, -0.2) is 13.5 Å². The molecule has 52 heavy (non-hydrogen) atoms. The van der Waals surface area contributed by atoms with Gasteiger partial charge in [-0.3, -0.25) is 9.88 Å². The number of nitrogens with one attached hydrogen (secondary N) is 2. The number of nitrogens with zero attached hydrogens (tertiary/aromatic N) is 6. The summed E-state index contributed by atoms with van der Waals surface area (Å²) in [6.07, 6.45) is 3.56. The second-order valence-electron chi connectivity index (χ2n) is 12.4. The van der Waals surface area contributed by atoms with Gasteiger partial charge in [0.2, 0.25) is 6.41 Å². The molecular weight excluding hydrogens is 709 g/mol. The summed E-state index contributed by atoms with van der Waals surface area (Å²) in [5.41, 5.74) is 3.64. The molecule has 0 amide bonds. The Kier molecular flexibility index (Phi) is 10.6. The number of likely N-dealkylation sites (tertiary alicyclic amines) is 1. The largest absolute Gasteiger partial charge is 0.373 e. The Labute approximate surface area is 308 Å². The first-order valence-electron chi connectivity index (χ1n) is 16.5. The van der Waals surface area contributed by atoms with Gasteiger partial charge in [0.25, 0.3) is 0 Å². The van der Waals surface area contributed by atoms with E-state index in [2.05, 4.69) is 32.0 Å². The van der Waals surface area contributed by atoms with Gasteiger partial charge in [-0.05, 0) is 66.4 Å². The summed E-state index contributed by atoms with van der Waals surface area (Å²) >= 11 is 12.2. The summed E-state index contributed by atoms with van der Waals surface area (Å²) in [7, 11) is 0. The van der Waals surface area contributed by atoms with E-state index in [-0.39, 0.29) is 27.8 Å². The van der Waals surface area contributed by atoms with Crippen molar-refractivity contribution < 1.29 is 18.6 Å². The Balaban J connectivity index is 1.13. The molecule has 14 heteroatoms. The van der Waals surface area contributed by atoms with Crippen molar-refractivity contribution in [1.82, 2.24) is 24.9 Å². The number of pyridine rings is 1. The van der Waals surface area contributed by atoms with Crippen LogP contribution < -0.4 is 10.6 Å². The maximum absolute atomic E-state index is 15.7. The Morgan fingerprint density at radius 1 is 0.962 bits per heavy atom. The number of nitriles is 1. The molecular formula is C38H32Cl2F2N8O2. The smallest absolute Gasteiger partial charge is 0.216 e. The molecule has 264 valence electrons. The van der Waals surface area contributed by atoms with Gasteiger partial charge in [0.1, 0.15) is 23.1 Å². The monoisotopic (exact) mass is 740 g/mol. The molecule has 0 saturated carbocycles. The first-order chi connectivity index (χ1) is 25.2. The van der Waals surface area contributed by atoms with Crippen molar-refractivity contribution >= 4 is 51.2 Å². The van der Waals surface area contributed by atoms with Crippen molar-refractivity contribution in [3.63, 3.8) is 0 Å². The average molecular weight is 742 g/mol. The molecule has 10 nitrogen and oxygen atoms in total. The Hall–Kier alpha value is -5.16. The molecule has 0 radical (unpaired) electrons. The van der Waals surface area contributed by atoms with E-state index < -0.39 is 24.1 Å². The van der Waals surface area contributed by atoms with E-state index in [1.54, 1.807) is 18.2 Å². The van der Waals surface area contributed by atoms with E-state index in [1.807, 2.05) is 58.2 Å². The first-order valence-corrected chi connectivity index (χ1v) is 17.3. The normalized spacial score (nSPS) is 14.9. The van der Waals surface area contributed by atoms with E-state index in [0.717, 1.165) is 11.1 Å². The molecule has 0 aliphatic carbocycles. The number of aliphatic hydroxyl groups is 1. The van der Waals surface area contributed by atoms with Crippen molar-refractivity contribution in [1.29, 1.82) is 5.26 Å². The van der Waals surface area contributed by atoms with Crippen LogP contribution in [0.25, 0.3) is 10.9 Å². The van der Waals surface area contributed by atoms with Gasteiger partial charge in [-0.1, -0.05) is 70.9 Å². The van der Waals surface area contributed by atoms with Crippen LogP contribution in [0.5, 0.6) is 0 Å². The number of hydrogen-bond acceptors (Lipinski definition) is 9. The lowest BCUT2D eigenvalue weighted by Gasteiger charge is -2.34. The minimum atomic E-state index is -1.02. The summed E-state index contributed by atoms with van der Waals surface area (Å²) < 4.78 is 37.2. The van der Waals surface area contributed by atoms with Crippen LogP contribution in [0, 0.1) is 23.0 Å². The highest BCUT2D eigenvalue weighted by Gasteiger charge is 2.28. The molecule has 1 fully saturated rings. The lowest BCUT2D eigenvalue weighted by molar-refractivity contribution is -0.205. The summed E-state index contributed by atoms with van der Waals surface area (Å²) in [4.78, 5) is 6.10. The van der Waals surface area contributed by atoms with Crippen LogP contribution in [0.3, 0.4) is 0 Å². The van der Waals surface area contributed by atoms with Crippen LogP contribution in [0.15, 0.2) is 97.3 Å². The number of ether oxygens (including phenoxy) is 1. The van der Waals surface area contributed by atoms with Crippen molar-refractivity contribution in [2.24, 2.45) is 0 Å². The first kappa shape index (κ1) is 35.3. The van der Waals surface area contributed by atoms with Crippen LogP contribution in [0.4, 0.5) is 25.8 Å². The lowest BCUT2D eigenvalue weighted by atomic mass is 10.0. The molecule has 7 rings (SSSR count). The van der Waals surface area contributed by atoms with Gasteiger partial charge in [-0.2, -0.15) is 5.26 Å². The number of piperidine rings is 1. The van der Waals surface area contributed by atoms with Crippen molar-refractivity contribution in [3.05, 3.63) is 141 Å². The number of fused-ring (bicyclic) bond motifs is 1. The second kappa shape index (κ2) is 15.6. The van der Waals surface area contributed by atoms with Gasteiger partial charge in [0, 0.05) is 41.1 Å². The number of benzene rings is 4. The average Bonchev–Trinajstić information content (AvgIpc) is 3.66. The number of aromatic nitrogens is 4. The molecule has 1 aliphatic rings. The van der Waals surface area contributed by atoms with Crippen LogP contribution in [0.2, 0.25) is 10.0 Å². The third-order valence-electron chi connectivity index (χ3n) is 9.00. The highest BCUT2D eigenvalue weighted by atomic mass is 35.5. The highest BCUT2D eigenvalue weighted by Crippen LogP contribution is 2.36. The summed E-state index contributed by atoms with van der Waals surface area (Å²) in [5.74, 6) is -1.21. The number of hydrogen-bond donors (Lipinski definition) is 3. The van der Waals surface area contributed by atoms with Gasteiger partial charge in [-0.15, -0.1) is 5.10 Å². The fourth-order valence-corrected chi connectivity index (χ4v) is 6.56. The minimum Gasteiger partial charge on any atom is -0.373 e. The quantitative estimate of drug-likeness (QED) is 0.112. The number of halogens is 4. The minimum absolute atomic E-state index is 0.0341. The van der Waals surface area contributed by atoms with Crippen LogP contribution in [-0.4, -0.2) is 49.5 Å². The number of anilines is 3. The second-order valence-corrected chi connectivity index (χ2v) is 13.3. The fraction of sp³-hybridized carbons (Fsp3) is 0.211. The lowest BCUT2D eigenvalue weighted by Crippen LogP contribution is -2.43. The summed E-state index contributed by atoms with van der Waals surface area (Å²) in [6, 6.07) is 25.6. The van der Waals surface area contributed by atoms with Gasteiger partial charge in [0.15, 0.2) is 5.82 Å². The van der Waals surface area contributed by atoms with E-state index in [9.17, 15) is 14.8 Å². The van der Waals surface area contributed by atoms with Gasteiger partial charge >= 0.3 is 0 Å². The third kappa shape index (κ3) is 7.84. The van der Waals surface area contributed by atoms with E-state index in [4.69, 9.17) is 27.9 Å². The van der Waals surface area contributed by atoms with Crippen LogP contribution >= 0.6 is 23.2 Å². The van der Waals surface area contributed by atoms with Crippen molar-refractivity contribution in [2.75, 3.05) is 23.7 Å². The SMILES string of the molecule is N#Cc1cnc2c(F)cc(NC(c3ccc(Cl)cc3)c3cn(C4CCN(C(O)OCc5ccccc5)CC4)nn3)cc2c1Nc1ccc(F)c(Cl)c1. The van der Waals surface area contributed by atoms with Crippen molar-refractivity contribution in [2.45, 2.75) is 37.9 Å². The predicted molar refractivity (Wildman–Crippen MR) is 195 cm³/mol. The van der Waals surface area contributed by atoms with Gasteiger partial charge in [0.05, 0.1) is 41.2 Å². The third-order valence-corrected chi connectivity index (χ3v) is 9.54. The molecule has 0 spiro atoms. The standard InChI is InChI=1S/C38H32Cl2F2N8O2/c39-26-8-6-24(7-9-26)36(34-21-50(48-47-34)29-12-14-49(15-13-29)38(51)52-22-23-4-2-1-3-5-23)46-28-16-30-35(45-27-10-11-32(41)31(40)17-27)25(19-43)20-44-37(30)33(42)18-28/h1-11,16-18,20-21,29,36,38,46,51H,12-15,22H2,(H,44,45). The molecule has 1 saturated heterocycles. The fourth-order valence-electron chi connectivity index (χ4n) is 6.25. The molecule has 2 atom stereocenters. The van der Waals surface area contributed by atoms with E-state index in [0.29, 0.717) is 60.0 Å². The molecule has 1 aliphatic heterocycles.